The monoisotopic (exact) mass is 140 g/mol. The molecule has 1 heterocycles. The summed E-state index contributed by atoms with van der Waals surface area (Å²) in [6.45, 7) is 3.87. The van der Waals surface area contributed by atoms with Gasteiger partial charge in [-0.2, -0.15) is 0 Å². The van der Waals surface area contributed by atoms with Gasteiger partial charge in [-0.05, 0) is 18.9 Å². The fourth-order valence-electron chi connectivity index (χ4n) is 0.932. The molecule has 1 N–H and O–H groups in total. The molecule has 2 nitrogen and oxygen atoms in total. The fourth-order valence-corrected chi connectivity index (χ4v) is 0.932. The summed E-state index contributed by atoms with van der Waals surface area (Å²) >= 11 is 0. The Hall–Kier alpha value is -0.760. The van der Waals surface area contributed by atoms with Crippen molar-refractivity contribution in [3.05, 3.63) is 23.7 Å². The van der Waals surface area contributed by atoms with Crippen molar-refractivity contribution in [3.63, 3.8) is 0 Å². The smallest absolute Gasteiger partial charge is 0.0963 e. The van der Waals surface area contributed by atoms with Crippen molar-refractivity contribution in [3.8, 4) is 0 Å². The maximum Gasteiger partial charge on any atom is 0.0963 e. The lowest BCUT2D eigenvalue weighted by molar-refractivity contribution is 0.172. The van der Waals surface area contributed by atoms with Gasteiger partial charge in [0.2, 0.25) is 0 Å². The maximum atomic E-state index is 9.34. The molecule has 0 saturated carbocycles. The third-order valence-corrected chi connectivity index (χ3v) is 1.64. The van der Waals surface area contributed by atoms with E-state index < -0.39 is 0 Å². The van der Waals surface area contributed by atoms with Crippen LogP contribution < -0.4 is 0 Å². The van der Waals surface area contributed by atoms with Gasteiger partial charge in [-0.1, -0.05) is 6.92 Å². The molecule has 0 radical (unpaired) electrons. The van der Waals surface area contributed by atoms with E-state index >= 15 is 0 Å². The summed E-state index contributed by atoms with van der Waals surface area (Å²) in [6.07, 6.45) is 3.62. The van der Waals surface area contributed by atoms with Crippen molar-refractivity contribution in [1.29, 1.82) is 0 Å². The van der Waals surface area contributed by atoms with Crippen LogP contribution in [0.15, 0.2) is 16.9 Å². The number of rotatable bonds is 2. The van der Waals surface area contributed by atoms with Crippen molar-refractivity contribution >= 4 is 0 Å². The lowest BCUT2D eigenvalue weighted by Gasteiger charge is -2.03. The van der Waals surface area contributed by atoms with Gasteiger partial charge in [-0.15, -0.1) is 0 Å². The number of furan rings is 1. The Labute approximate surface area is 60.5 Å². The van der Waals surface area contributed by atoms with Crippen LogP contribution in [0.25, 0.3) is 0 Å². The van der Waals surface area contributed by atoms with Gasteiger partial charge in [0.05, 0.1) is 18.6 Å². The van der Waals surface area contributed by atoms with Gasteiger partial charge in [-0.25, -0.2) is 0 Å². The standard InChI is InChI=1S/C8H12O2/c1-3-8(9)7-5-10-4-6(7)2/h4-5,8-9H,3H2,1-2H3. The molecular formula is C8H12O2. The van der Waals surface area contributed by atoms with Crippen molar-refractivity contribution in [2.45, 2.75) is 26.4 Å². The normalized spacial score (nSPS) is 13.5. The quantitative estimate of drug-likeness (QED) is 0.681. The van der Waals surface area contributed by atoms with Gasteiger partial charge in [0, 0.05) is 5.56 Å². The third kappa shape index (κ3) is 1.21. The van der Waals surface area contributed by atoms with E-state index in [9.17, 15) is 5.11 Å². The van der Waals surface area contributed by atoms with E-state index in [-0.39, 0.29) is 6.10 Å². The van der Waals surface area contributed by atoms with Crippen LogP contribution in [-0.2, 0) is 0 Å². The molecule has 0 amide bonds. The highest BCUT2D eigenvalue weighted by Crippen LogP contribution is 2.20. The van der Waals surface area contributed by atoms with Crippen molar-refractivity contribution in [2.24, 2.45) is 0 Å². The lowest BCUT2D eigenvalue weighted by atomic mass is 10.1. The Bertz CT molecular complexity index is 203. The van der Waals surface area contributed by atoms with Crippen LogP contribution in [-0.4, -0.2) is 5.11 Å². The molecule has 1 aromatic heterocycles. The Morgan fingerprint density at radius 3 is 2.70 bits per heavy atom. The van der Waals surface area contributed by atoms with Gasteiger partial charge in [-0.3, -0.25) is 0 Å². The zero-order valence-corrected chi connectivity index (χ0v) is 6.29. The Balaban J connectivity index is 2.82. The first-order chi connectivity index (χ1) is 4.75. The summed E-state index contributed by atoms with van der Waals surface area (Å²) in [5.74, 6) is 0. The Kier molecular flexibility index (Phi) is 2.12. The van der Waals surface area contributed by atoms with E-state index in [0.717, 1.165) is 17.5 Å². The molecule has 1 aromatic rings. The average molecular weight is 140 g/mol. The summed E-state index contributed by atoms with van der Waals surface area (Å²) in [5, 5.41) is 9.34. The molecule has 0 aliphatic heterocycles. The SMILES string of the molecule is CCC(O)c1cocc1C. The molecule has 0 fully saturated rings. The largest absolute Gasteiger partial charge is 0.472 e. The zero-order valence-electron chi connectivity index (χ0n) is 6.29. The van der Waals surface area contributed by atoms with Crippen LogP contribution in [0.4, 0.5) is 0 Å². The second-order valence-corrected chi connectivity index (χ2v) is 2.43. The molecule has 2 heteroatoms. The first kappa shape index (κ1) is 7.35. The van der Waals surface area contributed by atoms with E-state index in [1.54, 1.807) is 12.5 Å². The summed E-state index contributed by atoms with van der Waals surface area (Å²) < 4.78 is 4.91. The Morgan fingerprint density at radius 1 is 1.60 bits per heavy atom. The van der Waals surface area contributed by atoms with E-state index in [2.05, 4.69) is 0 Å². The van der Waals surface area contributed by atoms with E-state index in [0.29, 0.717) is 0 Å². The number of aliphatic hydroxyl groups excluding tert-OH is 1. The van der Waals surface area contributed by atoms with Crippen LogP contribution in [0.3, 0.4) is 0 Å². The topological polar surface area (TPSA) is 33.4 Å². The molecule has 0 bridgehead atoms. The highest BCUT2D eigenvalue weighted by Gasteiger charge is 2.08. The van der Waals surface area contributed by atoms with Crippen LogP contribution in [0.5, 0.6) is 0 Å². The van der Waals surface area contributed by atoms with Gasteiger partial charge in [0.1, 0.15) is 0 Å². The van der Waals surface area contributed by atoms with E-state index in [1.807, 2.05) is 13.8 Å². The molecule has 0 spiro atoms. The minimum Gasteiger partial charge on any atom is -0.472 e. The van der Waals surface area contributed by atoms with Crippen molar-refractivity contribution < 1.29 is 9.52 Å². The lowest BCUT2D eigenvalue weighted by Crippen LogP contribution is -1.93. The molecule has 1 atom stereocenters. The molecule has 0 aliphatic rings. The summed E-state index contributed by atoms with van der Waals surface area (Å²) in [6, 6.07) is 0. The average Bonchev–Trinajstić information content (AvgIpc) is 2.34. The van der Waals surface area contributed by atoms with Crippen LogP contribution >= 0.6 is 0 Å². The van der Waals surface area contributed by atoms with Crippen LogP contribution in [0, 0.1) is 6.92 Å². The second kappa shape index (κ2) is 2.88. The minimum absolute atomic E-state index is 0.362. The van der Waals surface area contributed by atoms with Gasteiger partial charge in [0.15, 0.2) is 0 Å². The van der Waals surface area contributed by atoms with Crippen LogP contribution in [0.2, 0.25) is 0 Å². The van der Waals surface area contributed by atoms with Gasteiger partial charge < -0.3 is 9.52 Å². The van der Waals surface area contributed by atoms with Crippen LogP contribution in [0.1, 0.15) is 30.6 Å². The molecule has 0 aromatic carbocycles. The minimum atomic E-state index is -0.362. The fraction of sp³-hybridized carbons (Fsp3) is 0.500. The summed E-state index contributed by atoms with van der Waals surface area (Å²) in [7, 11) is 0. The predicted molar refractivity (Wildman–Crippen MR) is 38.7 cm³/mol. The van der Waals surface area contributed by atoms with Gasteiger partial charge in [0.25, 0.3) is 0 Å². The maximum absolute atomic E-state index is 9.34. The molecular weight excluding hydrogens is 128 g/mol. The number of aliphatic hydroxyl groups is 1. The van der Waals surface area contributed by atoms with E-state index in [4.69, 9.17) is 4.42 Å². The highest BCUT2D eigenvalue weighted by molar-refractivity contribution is 5.21. The summed E-state index contributed by atoms with van der Waals surface area (Å²) in [5.41, 5.74) is 1.93. The number of aryl methyl sites for hydroxylation is 1. The van der Waals surface area contributed by atoms with Gasteiger partial charge >= 0.3 is 0 Å². The number of hydrogen-bond acceptors (Lipinski definition) is 2. The molecule has 1 rings (SSSR count). The molecule has 56 valence electrons. The Morgan fingerprint density at radius 2 is 2.30 bits per heavy atom. The molecule has 10 heavy (non-hydrogen) atoms. The molecule has 0 saturated heterocycles. The second-order valence-electron chi connectivity index (χ2n) is 2.43. The van der Waals surface area contributed by atoms with Crippen molar-refractivity contribution in [1.82, 2.24) is 0 Å². The molecule has 0 aliphatic carbocycles. The first-order valence-corrected chi connectivity index (χ1v) is 3.46. The molecule has 1 unspecified atom stereocenters. The predicted octanol–water partition coefficient (Wildman–Crippen LogP) is 2.03. The summed E-state index contributed by atoms with van der Waals surface area (Å²) in [4.78, 5) is 0. The van der Waals surface area contributed by atoms with Crippen molar-refractivity contribution in [2.75, 3.05) is 0 Å². The zero-order chi connectivity index (χ0) is 7.56. The third-order valence-electron chi connectivity index (χ3n) is 1.64. The first-order valence-electron chi connectivity index (χ1n) is 3.46. The number of hydrogen-bond donors (Lipinski definition) is 1. The van der Waals surface area contributed by atoms with E-state index in [1.165, 1.54) is 0 Å². The highest BCUT2D eigenvalue weighted by atomic mass is 16.3.